The van der Waals surface area contributed by atoms with Crippen LogP contribution in [0.25, 0.3) is 6.08 Å². The third-order valence-electron chi connectivity index (χ3n) is 3.05. The van der Waals surface area contributed by atoms with Crippen molar-refractivity contribution in [2.45, 2.75) is 6.07 Å². The van der Waals surface area contributed by atoms with Crippen molar-refractivity contribution in [1.82, 2.24) is 9.47 Å². The Morgan fingerprint density at radius 2 is 2.12 bits per heavy atom. The lowest BCUT2D eigenvalue weighted by atomic mass is 9.83. The highest BCUT2D eigenvalue weighted by Gasteiger charge is 2.42. The van der Waals surface area contributed by atoms with E-state index in [-0.39, 0.29) is 12.2 Å². The molecule has 0 fully saturated rings. The maximum absolute atomic E-state index is 13.5. The minimum Gasteiger partial charge on any atom is -0.425 e. The molecule has 2 aliphatic heterocycles. The van der Waals surface area contributed by atoms with Gasteiger partial charge in [-0.3, -0.25) is 0 Å². The Morgan fingerprint density at radius 1 is 1.35 bits per heavy atom. The number of allylic oxidation sites excluding steroid dienone is 1. The highest BCUT2D eigenvalue weighted by molar-refractivity contribution is 6.42. The smallest absolute Gasteiger partial charge is 0.425 e. The van der Waals surface area contributed by atoms with Crippen LogP contribution < -0.4 is 0 Å². The zero-order valence-electron chi connectivity index (χ0n) is 8.72. The van der Waals surface area contributed by atoms with Gasteiger partial charge in [-0.25, -0.2) is 8.78 Å². The van der Waals surface area contributed by atoms with Crippen LogP contribution >= 0.6 is 0 Å². The Bertz CT molecular complexity index is 538. The summed E-state index contributed by atoms with van der Waals surface area (Å²) in [6.07, 6.45) is 3.13. The topological polar surface area (TPSA) is 48.6 Å². The number of halogens is 2. The summed E-state index contributed by atoms with van der Waals surface area (Å²) in [5.41, 5.74) is 0.672. The predicted molar refractivity (Wildman–Crippen MR) is 57.6 cm³/mol. The fourth-order valence-corrected chi connectivity index (χ4v) is 2.32. The van der Waals surface area contributed by atoms with Gasteiger partial charge >= 0.3 is 7.12 Å². The number of fused-ring (bicyclic) bond motifs is 2. The second-order valence-corrected chi connectivity index (χ2v) is 4.04. The summed E-state index contributed by atoms with van der Waals surface area (Å²) >= 11 is 0. The summed E-state index contributed by atoms with van der Waals surface area (Å²) in [5.74, 6) is -1.81. The third-order valence-corrected chi connectivity index (χ3v) is 3.05. The second kappa shape index (κ2) is 3.45. The minimum absolute atomic E-state index is 0.0619. The Morgan fingerprint density at radius 3 is 2.82 bits per heavy atom. The van der Waals surface area contributed by atoms with Crippen molar-refractivity contribution in [2.75, 3.05) is 6.54 Å². The fraction of sp³-hybridized carbons (Fsp3) is 0.200. The number of aromatic nitrogens is 1. The molecule has 0 radical (unpaired) electrons. The fourth-order valence-electron chi connectivity index (χ4n) is 2.32. The number of hydrogen-bond donors (Lipinski definition) is 2. The monoisotopic (exact) mass is 238 g/mol. The van der Waals surface area contributed by atoms with Gasteiger partial charge < -0.3 is 19.5 Å². The van der Waals surface area contributed by atoms with E-state index in [1.807, 2.05) is 0 Å². The van der Waals surface area contributed by atoms with Crippen molar-refractivity contribution < 1.29 is 18.8 Å². The van der Waals surface area contributed by atoms with Crippen LogP contribution in [0, 0.1) is 0 Å². The molecule has 3 heterocycles. The molecule has 3 rings (SSSR count). The van der Waals surface area contributed by atoms with Crippen LogP contribution in [0.15, 0.2) is 35.7 Å². The molecule has 0 amide bonds. The molecular formula is C10H9BF2N2O2. The summed E-state index contributed by atoms with van der Waals surface area (Å²) in [7, 11) is -1.72. The lowest BCUT2D eigenvalue weighted by molar-refractivity contribution is 0.218. The third kappa shape index (κ3) is 1.36. The van der Waals surface area contributed by atoms with Gasteiger partial charge in [0.2, 0.25) is 0 Å². The molecule has 0 aromatic carbocycles. The van der Waals surface area contributed by atoms with E-state index in [4.69, 9.17) is 0 Å². The lowest BCUT2D eigenvalue weighted by Gasteiger charge is -2.35. The van der Waals surface area contributed by atoms with Crippen molar-refractivity contribution in [3.8, 4) is 0 Å². The van der Waals surface area contributed by atoms with Gasteiger partial charge in [0.15, 0.2) is 11.7 Å². The van der Waals surface area contributed by atoms with Gasteiger partial charge in [-0.15, -0.1) is 0 Å². The first-order valence-electron chi connectivity index (χ1n) is 5.15. The Hall–Kier alpha value is -1.60. The first-order chi connectivity index (χ1) is 8.09. The first-order valence-corrected chi connectivity index (χ1v) is 5.15. The number of rotatable bonds is 1. The van der Waals surface area contributed by atoms with E-state index in [0.29, 0.717) is 5.69 Å². The molecule has 4 nitrogen and oxygen atoms in total. The number of hydrogen-bond acceptors (Lipinski definition) is 3. The molecular weight excluding hydrogens is 229 g/mol. The maximum Gasteiger partial charge on any atom is 0.497 e. The zero-order chi connectivity index (χ0) is 12.2. The van der Waals surface area contributed by atoms with Crippen molar-refractivity contribution in [1.29, 1.82) is 0 Å². The van der Waals surface area contributed by atoms with Gasteiger partial charge in [0, 0.05) is 11.9 Å². The van der Waals surface area contributed by atoms with Gasteiger partial charge in [-0.2, -0.15) is 0 Å². The molecule has 1 unspecified atom stereocenters. The summed E-state index contributed by atoms with van der Waals surface area (Å²) in [5, 5.41) is 18.7. The zero-order valence-corrected chi connectivity index (χ0v) is 8.72. The standard InChI is InChI=1S/C10H9BF2N2O2/c12-7-5-15-8(9(7)13)4-6-2-1-3-14(6)10(15)11(16)17/h1-4,10,16-17H,5H2. The first kappa shape index (κ1) is 10.6. The molecule has 1 atom stereocenters. The highest BCUT2D eigenvalue weighted by Crippen LogP contribution is 2.40. The summed E-state index contributed by atoms with van der Waals surface area (Å²) in [6.45, 7) is -0.280. The van der Waals surface area contributed by atoms with E-state index in [1.54, 1.807) is 22.9 Å². The van der Waals surface area contributed by atoms with Crippen molar-refractivity contribution in [2.24, 2.45) is 0 Å². The Balaban J connectivity index is 2.15. The van der Waals surface area contributed by atoms with E-state index in [2.05, 4.69) is 0 Å². The average molecular weight is 238 g/mol. The van der Waals surface area contributed by atoms with E-state index >= 15 is 0 Å². The van der Waals surface area contributed by atoms with Crippen LogP contribution in [0.1, 0.15) is 11.8 Å². The van der Waals surface area contributed by atoms with Gasteiger partial charge in [-0.05, 0) is 18.2 Å². The van der Waals surface area contributed by atoms with Gasteiger partial charge in [0.05, 0.1) is 12.2 Å². The summed E-state index contributed by atoms with van der Waals surface area (Å²) in [6, 6.07) is 2.50. The molecule has 0 aliphatic carbocycles. The molecule has 0 saturated carbocycles. The molecule has 88 valence electrons. The van der Waals surface area contributed by atoms with Crippen molar-refractivity contribution in [3.63, 3.8) is 0 Å². The minimum atomic E-state index is -1.72. The van der Waals surface area contributed by atoms with E-state index in [1.165, 1.54) is 11.0 Å². The maximum atomic E-state index is 13.5. The molecule has 1 aromatic heterocycles. The molecule has 2 aliphatic rings. The molecule has 1 aromatic rings. The second-order valence-electron chi connectivity index (χ2n) is 4.04. The van der Waals surface area contributed by atoms with Crippen LogP contribution in [0.2, 0.25) is 0 Å². The molecule has 0 saturated heterocycles. The van der Waals surface area contributed by atoms with Crippen LogP contribution in [-0.4, -0.2) is 33.2 Å². The van der Waals surface area contributed by atoms with Crippen LogP contribution in [0.4, 0.5) is 8.78 Å². The van der Waals surface area contributed by atoms with Gasteiger partial charge in [0.1, 0.15) is 6.07 Å². The van der Waals surface area contributed by atoms with Gasteiger partial charge in [0.25, 0.3) is 0 Å². The molecule has 0 spiro atoms. The Kier molecular flexibility index (Phi) is 2.14. The van der Waals surface area contributed by atoms with E-state index < -0.39 is 24.8 Å². The predicted octanol–water partition coefficient (Wildman–Crippen LogP) is 0.819. The van der Waals surface area contributed by atoms with E-state index in [0.717, 1.165) is 0 Å². The average Bonchev–Trinajstić information content (AvgIpc) is 2.82. The van der Waals surface area contributed by atoms with Crippen LogP contribution in [0.5, 0.6) is 0 Å². The van der Waals surface area contributed by atoms with Crippen LogP contribution in [-0.2, 0) is 0 Å². The van der Waals surface area contributed by atoms with E-state index in [9.17, 15) is 18.8 Å². The SMILES string of the molecule is OB(O)C1N2CC(F)=C(F)C2=Cc2cccn21. The normalized spacial score (nSPS) is 22.5. The van der Waals surface area contributed by atoms with Crippen LogP contribution in [0.3, 0.4) is 0 Å². The largest absolute Gasteiger partial charge is 0.497 e. The molecule has 0 bridgehead atoms. The van der Waals surface area contributed by atoms with Crippen molar-refractivity contribution >= 4 is 13.2 Å². The number of nitrogens with zero attached hydrogens (tertiary/aromatic N) is 2. The summed E-state index contributed by atoms with van der Waals surface area (Å²) in [4.78, 5) is 1.29. The quantitative estimate of drug-likeness (QED) is 0.712. The summed E-state index contributed by atoms with van der Waals surface area (Å²) < 4.78 is 28.3. The molecule has 2 N–H and O–H groups in total. The highest BCUT2D eigenvalue weighted by atomic mass is 19.2. The van der Waals surface area contributed by atoms with Crippen molar-refractivity contribution in [3.05, 3.63) is 41.4 Å². The Labute approximate surface area is 96.2 Å². The molecule has 17 heavy (non-hydrogen) atoms. The molecule has 7 heteroatoms. The van der Waals surface area contributed by atoms with Gasteiger partial charge in [-0.1, -0.05) is 0 Å². The lowest BCUT2D eigenvalue weighted by Crippen LogP contribution is -2.43.